The minimum atomic E-state index is 0.691. The number of nitrogens with zero attached hydrogens (tertiary/aromatic N) is 1. The Balaban J connectivity index is 1.93. The van der Waals surface area contributed by atoms with Crippen molar-refractivity contribution >= 4 is 11.3 Å². The van der Waals surface area contributed by atoms with Gasteiger partial charge in [0.25, 0.3) is 0 Å². The third-order valence-electron chi connectivity index (χ3n) is 3.43. The maximum absolute atomic E-state index is 3.56. The molecule has 1 aliphatic heterocycles. The second kappa shape index (κ2) is 5.30. The highest BCUT2D eigenvalue weighted by Gasteiger charge is 2.18. The van der Waals surface area contributed by atoms with Crippen LogP contribution in [0.3, 0.4) is 0 Å². The van der Waals surface area contributed by atoms with E-state index in [2.05, 4.69) is 37.1 Å². The van der Waals surface area contributed by atoms with Crippen molar-refractivity contribution in [3.63, 3.8) is 0 Å². The number of nitrogens with one attached hydrogen (secondary N) is 1. The van der Waals surface area contributed by atoms with E-state index in [0.29, 0.717) is 6.04 Å². The molecule has 1 unspecified atom stereocenters. The predicted octanol–water partition coefficient (Wildman–Crippen LogP) is 2.55. The van der Waals surface area contributed by atoms with E-state index in [9.17, 15) is 0 Å². The lowest BCUT2D eigenvalue weighted by molar-refractivity contribution is 0.191. The van der Waals surface area contributed by atoms with E-state index in [-0.39, 0.29) is 0 Å². The topological polar surface area (TPSA) is 15.3 Å². The first-order valence-electron chi connectivity index (χ1n) is 6.20. The second-order valence-electron chi connectivity index (χ2n) is 4.75. The molecule has 1 fully saturated rings. The predicted molar refractivity (Wildman–Crippen MR) is 71.2 cm³/mol. The molecule has 2 nitrogen and oxygen atoms in total. The van der Waals surface area contributed by atoms with Crippen LogP contribution in [-0.2, 0) is 6.54 Å². The van der Waals surface area contributed by atoms with Gasteiger partial charge in [0.05, 0.1) is 0 Å². The monoisotopic (exact) mass is 238 g/mol. The summed E-state index contributed by atoms with van der Waals surface area (Å²) in [5.74, 6) is 0. The Morgan fingerprint density at radius 1 is 1.50 bits per heavy atom. The van der Waals surface area contributed by atoms with Crippen molar-refractivity contribution < 1.29 is 0 Å². The van der Waals surface area contributed by atoms with Gasteiger partial charge in [0.15, 0.2) is 0 Å². The zero-order chi connectivity index (χ0) is 11.5. The van der Waals surface area contributed by atoms with Crippen LogP contribution in [0.4, 0.5) is 0 Å². The van der Waals surface area contributed by atoms with E-state index in [1.54, 1.807) is 0 Å². The van der Waals surface area contributed by atoms with Crippen molar-refractivity contribution in [1.82, 2.24) is 10.2 Å². The number of piperazine rings is 1. The molecule has 90 valence electrons. The SMILES string of the molecule is CCC1CN(Cc2cc(C)c(C)s2)CCN1. The lowest BCUT2D eigenvalue weighted by Gasteiger charge is -2.32. The van der Waals surface area contributed by atoms with Crippen LogP contribution < -0.4 is 5.32 Å². The fraction of sp³-hybridized carbons (Fsp3) is 0.692. The lowest BCUT2D eigenvalue weighted by atomic mass is 10.1. The molecule has 1 saturated heterocycles. The van der Waals surface area contributed by atoms with E-state index in [4.69, 9.17) is 0 Å². The van der Waals surface area contributed by atoms with Crippen LogP contribution in [0.1, 0.15) is 28.7 Å². The summed E-state index contributed by atoms with van der Waals surface area (Å²) in [7, 11) is 0. The van der Waals surface area contributed by atoms with E-state index < -0.39 is 0 Å². The molecular formula is C13H22N2S. The Hall–Kier alpha value is -0.380. The first kappa shape index (κ1) is 12.1. The molecule has 0 saturated carbocycles. The van der Waals surface area contributed by atoms with Gasteiger partial charge in [0, 0.05) is 42.0 Å². The van der Waals surface area contributed by atoms with Crippen LogP contribution in [0.15, 0.2) is 6.07 Å². The Labute approximate surface area is 103 Å². The van der Waals surface area contributed by atoms with Crippen molar-refractivity contribution in [2.45, 2.75) is 39.8 Å². The van der Waals surface area contributed by atoms with Crippen LogP contribution >= 0.6 is 11.3 Å². The summed E-state index contributed by atoms with van der Waals surface area (Å²) in [5.41, 5.74) is 1.45. The van der Waals surface area contributed by atoms with Gasteiger partial charge in [0.2, 0.25) is 0 Å². The van der Waals surface area contributed by atoms with E-state index >= 15 is 0 Å². The number of aryl methyl sites for hydroxylation is 2. The largest absolute Gasteiger partial charge is 0.311 e. The normalized spacial score (nSPS) is 22.6. The average molecular weight is 238 g/mol. The summed E-state index contributed by atoms with van der Waals surface area (Å²) in [5, 5.41) is 3.56. The van der Waals surface area contributed by atoms with Gasteiger partial charge in [-0.3, -0.25) is 4.90 Å². The van der Waals surface area contributed by atoms with Crippen LogP contribution in [0.25, 0.3) is 0 Å². The van der Waals surface area contributed by atoms with Gasteiger partial charge in [-0.2, -0.15) is 0 Å². The summed E-state index contributed by atoms with van der Waals surface area (Å²) >= 11 is 1.95. The summed E-state index contributed by atoms with van der Waals surface area (Å²) in [6.07, 6.45) is 1.24. The Bertz CT molecular complexity index is 326. The third-order valence-corrected chi connectivity index (χ3v) is 4.57. The highest BCUT2D eigenvalue weighted by molar-refractivity contribution is 7.12. The Morgan fingerprint density at radius 3 is 2.94 bits per heavy atom. The summed E-state index contributed by atoms with van der Waals surface area (Å²) in [6, 6.07) is 3.04. The Morgan fingerprint density at radius 2 is 2.31 bits per heavy atom. The first-order valence-corrected chi connectivity index (χ1v) is 7.02. The quantitative estimate of drug-likeness (QED) is 0.870. The van der Waals surface area contributed by atoms with Gasteiger partial charge >= 0.3 is 0 Å². The second-order valence-corrected chi connectivity index (χ2v) is 6.09. The van der Waals surface area contributed by atoms with E-state index in [0.717, 1.165) is 13.1 Å². The van der Waals surface area contributed by atoms with Crippen molar-refractivity contribution in [3.05, 3.63) is 21.4 Å². The van der Waals surface area contributed by atoms with Crippen LogP contribution in [-0.4, -0.2) is 30.6 Å². The van der Waals surface area contributed by atoms with Crippen molar-refractivity contribution in [3.8, 4) is 0 Å². The molecule has 0 bridgehead atoms. The number of rotatable bonds is 3. The van der Waals surface area contributed by atoms with Gasteiger partial charge in [-0.05, 0) is 31.9 Å². The summed E-state index contributed by atoms with van der Waals surface area (Å²) in [6.45, 7) is 11.4. The molecule has 0 aromatic carbocycles. The molecule has 1 N–H and O–H groups in total. The van der Waals surface area contributed by atoms with Crippen molar-refractivity contribution in [2.75, 3.05) is 19.6 Å². The van der Waals surface area contributed by atoms with Crippen LogP contribution in [0.2, 0.25) is 0 Å². The molecule has 1 aromatic rings. The first-order chi connectivity index (χ1) is 7.69. The molecule has 1 aromatic heterocycles. The maximum Gasteiger partial charge on any atom is 0.0329 e. The third kappa shape index (κ3) is 2.84. The standard InChI is InChI=1S/C13H22N2S/c1-4-12-8-15(6-5-14-12)9-13-7-10(2)11(3)16-13/h7,12,14H,4-6,8-9H2,1-3H3. The molecule has 3 heteroatoms. The highest BCUT2D eigenvalue weighted by atomic mass is 32.1. The molecular weight excluding hydrogens is 216 g/mol. The smallest absolute Gasteiger partial charge is 0.0329 e. The fourth-order valence-corrected chi connectivity index (χ4v) is 3.36. The molecule has 2 rings (SSSR count). The maximum atomic E-state index is 3.56. The van der Waals surface area contributed by atoms with Gasteiger partial charge in [0.1, 0.15) is 0 Å². The molecule has 0 aliphatic carbocycles. The number of thiophene rings is 1. The number of hydrogen-bond acceptors (Lipinski definition) is 3. The minimum Gasteiger partial charge on any atom is -0.311 e. The zero-order valence-corrected chi connectivity index (χ0v) is 11.4. The van der Waals surface area contributed by atoms with Gasteiger partial charge in [-0.15, -0.1) is 11.3 Å². The molecule has 0 amide bonds. The van der Waals surface area contributed by atoms with Gasteiger partial charge in [-0.25, -0.2) is 0 Å². The van der Waals surface area contributed by atoms with Crippen molar-refractivity contribution in [2.24, 2.45) is 0 Å². The number of hydrogen-bond donors (Lipinski definition) is 1. The fourth-order valence-electron chi connectivity index (χ4n) is 2.26. The van der Waals surface area contributed by atoms with Gasteiger partial charge in [-0.1, -0.05) is 6.92 Å². The summed E-state index contributed by atoms with van der Waals surface area (Å²) in [4.78, 5) is 5.57. The van der Waals surface area contributed by atoms with Gasteiger partial charge < -0.3 is 5.32 Å². The van der Waals surface area contributed by atoms with Crippen molar-refractivity contribution in [1.29, 1.82) is 0 Å². The minimum absolute atomic E-state index is 0.691. The summed E-state index contributed by atoms with van der Waals surface area (Å²) < 4.78 is 0. The Kier molecular flexibility index (Phi) is 4.00. The molecule has 16 heavy (non-hydrogen) atoms. The average Bonchev–Trinajstić information content (AvgIpc) is 2.58. The molecule has 1 aliphatic rings. The zero-order valence-electron chi connectivity index (χ0n) is 10.5. The van der Waals surface area contributed by atoms with Crippen LogP contribution in [0, 0.1) is 13.8 Å². The van der Waals surface area contributed by atoms with E-state index in [1.807, 2.05) is 11.3 Å². The molecule has 1 atom stereocenters. The van der Waals surface area contributed by atoms with Crippen LogP contribution in [0.5, 0.6) is 0 Å². The lowest BCUT2D eigenvalue weighted by Crippen LogP contribution is -2.49. The van der Waals surface area contributed by atoms with E-state index in [1.165, 1.54) is 34.8 Å². The molecule has 0 spiro atoms. The highest BCUT2D eigenvalue weighted by Crippen LogP contribution is 2.22. The molecule has 2 heterocycles. The molecule has 0 radical (unpaired) electrons.